The van der Waals surface area contributed by atoms with E-state index in [4.69, 9.17) is 4.74 Å². The Morgan fingerprint density at radius 3 is 2.55 bits per heavy atom. The number of aryl methyl sites for hydroxylation is 1. The molecule has 29 heavy (non-hydrogen) atoms. The molecule has 0 aliphatic heterocycles. The second kappa shape index (κ2) is 10.3. The predicted molar refractivity (Wildman–Crippen MR) is 120 cm³/mol. The number of hydrogen-bond acceptors (Lipinski definition) is 3. The minimum Gasteiger partial charge on any atom is -0.493 e. The highest BCUT2D eigenvalue weighted by atomic mass is 16.5. The molecule has 0 unspecified atom stereocenters. The highest BCUT2D eigenvalue weighted by Gasteiger charge is 2.22. The van der Waals surface area contributed by atoms with Gasteiger partial charge in [0.25, 0.3) is 0 Å². The Bertz CT molecular complexity index is 827. The van der Waals surface area contributed by atoms with E-state index in [9.17, 15) is 0 Å². The monoisotopic (exact) mass is 394 g/mol. The Labute approximate surface area is 175 Å². The van der Waals surface area contributed by atoms with E-state index in [1.807, 2.05) is 0 Å². The second-order valence-electron chi connectivity index (χ2n) is 8.20. The summed E-state index contributed by atoms with van der Waals surface area (Å²) in [6.45, 7) is 5.29. The third-order valence-corrected chi connectivity index (χ3v) is 5.01. The summed E-state index contributed by atoms with van der Waals surface area (Å²) in [5, 5.41) is 6.83. The van der Waals surface area contributed by atoms with Crippen molar-refractivity contribution in [3.8, 4) is 5.75 Å². The lowest BCUT2D eigenvalue weighted by atomic mass is 10.1. The van der Waals surface area contributed by atoms with Gasteiger partial charge in [-0.15, -0.1) is 0 Å². The molecule has 0 atom stereocenters. The Morgan fingerprint density at radius 1 is 1.07 bits per heavy atom. The van der Waals surface area contributed by atoms with E-state index in [0.717, 1.165) is 42.9 Å². The van der Waals surface area contributed by atoms with Crippen LogP contribution in [0.5, 0.6) is 5.75 Å². The molecule has 0 spiro atoms. The van der Waals surface area contributed by atoms with Gasteiger partial charge in [0.2, 0.25) is 0 Å². The largest absolute Gasteiger partial charge is 0.493 e. The lowest BCUT2D eigenvalue weighted by Crippen LogP contribution is -2.36. The molecule has 156 valence electrons. The van der Waals surface area contributed by atoms with Crippen molar-refractivity contribution in [2.45, 2.75) is 39.4 Å². The van der Waals surface area contributed by atoms with Crippen molar-refractivity contribution in [1.29, 1.82) is 0 Å². The molecule has 0 heterocycles. The zero-order valence-electron chi connectivity index (χ0n) is 18.2. The average molecular weight is 395 g/mol. The molecule has 5 heteroatoms. The molecule has 2 N–H and O–H groups in total. The standard InChI is InChI=1S/C24H34N4O/c1-18-8-11-22(23(12-18)29-17-19-9-10-19)15-27-24(25-2)26-14-20-6-5-7-21(13-20)16-28(3)4/h5-8,11-13,19H,9-10,14-17H2,1-4H3,(H2,25,26,27). The number of guanidine groups is 1. The fraction of sp³-hybridized carbons (Fsp3) is 0.458. The first-order valence-corrected chi connectivity index (χ1v) is 10.4. The smallest absolute Gasteiger partial charge is 0.191 e. The SMILES string of the molecule is CN=C(NCc1cccc(CN(C)C)c1)NCc1ccc(C)cc1OCC1CC1. The minimum absolute atomic E-state index is 0.681. The van der Waals surface area contributed by atoms with Crippen LogP contribution in [-0.4, -0.2) is 38.6 Å². The lowest BCUT2D eigenvalue weighted by molar-refractivity contribution is 0.296. The molecule has 2 aromatic carbocycles. The fourth-order valence-corrected chi connectivity index (χ4v) is 3.22. The van der Waals surface area contributed by atoms with E-state index < -0.39 is 0 Å². The van der Waals surface area contributed by atoms with Crippen molar-refractivity contribution in [3.05, 3.63) is 64.7 Å². The van der Waals surface area contributed by atoms with Gasteiger partial charge in [0.1, 0.15) is 5.75 Å². The molecule has 1 saturated carbocycles. The number of ether oxygens (including phenoxy) is 1. The first-order valence-electron chi connectivity index (χ1n) is 10.4. The second-order valence-corrected chi connectivity index (χ2v) is 8.20. The summed E-state index contributed by atoms with van der Waals surface area (Å²) in [5.74, 6) is 2.52. The van der Waals surface area contributed by atoms with Crippen LogP contribution >= 0.6 is 0 Å². The maximum absolute atomic E-state index is 6.08. The van der Waals surface area contributed by atoms with Crippen molar-refractivity contribution < 1.29 is 4.74 Å². The van der Waals surface area contributed by atoms with Gasteiger partial charge >= 0.3 is 0 Å². The molecule has 0 aromatic heterocycles. The van der Waals surface area contributed by atoms with E-state index >= 15 is 0 Å². The summed E-state index contributed by atoms with van der Waals surface area (Å²) >= 11 is 0. The molecular formula is C24H34N4O. The molecule has 1 aliphatic carbocycles. The maximum atomic E-state index is 6.08. The highest BCUT2D eigenvalue weighted by Crippen LogP contribution is 2.30. The summed E-state index contributed by atoms with van der Waals surface area (Å²) in [5.41, 5.74) is 4.94. The molecule has 1 fully saturated rings. The first kappa shape index (κ1) is 21.2. The number of benzene rings is 2. The molecule has 1 aliphatic rings. The van der Waals surface area contributed by atoms with E-state index in [0.29, 0.717) is 6.54 Å². The van der Waals surface area contributed by atoms with Crippen molar-refractivity contribution in [3.63, 3.8) is 0 Å². The van der Waals surface area contributed by atoms with Crippen LogP contribution in [-0.2, 0) is 19.6 Å². The van der Waals surface area contributed by atoms with E-state index in [1.54, 1.807) is 7.05 Å². The number of rotatable bonds is 9. The maximum Gasteiger partial charge on any atom is 0.191 e. The van der Waals surface area contributed by atoms with Gasteiger partial charge in [0.05, 0.1) is 6.61 Å². The number of hydrogen-bond donors (Lipinski definition) is 2. The van der Waals surface area contributed by atoms with E-state index in [2.05, 4.69) is 84.0 Å². The Balaban J connectivity index is 1.54. The lowest BCUT2D eigenvalue weighted by Gasteiger charge is -2.16. The zero-order chi connectivity index (χ0) is 20.6. The van der Waals surface area contributed by atoms with Crippen LogP contribution in [0.15, 0.2) is 47.5 Å². The zero-order valence-corrected chi connectivity index (χ0v) is 18.2. The van der Waals surface area contributed by atoms with Crippen LogP contribution < -0.4 is 15.4 Å². The van der Waals surface area contributed by atoms with Gasteiger partial charge < -0.3 is 20.3 Å². The molecule has 2 aromatic rings. The van der Waals surface area contributed by atoms with Crippen LogP contribution in [0.1, 0.15) is 35.1 Å². The summed E-state index contributed by atoms with van der Waals surface area (Å²) < 4.78 is 6.08. The van der Waals surface area contributed by atoms with Gasteiger partial charge in [-0.1, -0.05) is 36.4 Å². The van der Waals surface area contributed by atoms with Crippen molar-refractivity contribution in [2.24, 2.45) is 10.9 Å². The van der Waals surface area contributed by atoms with Crippen LogP contribution in [0.4, 0.5) is 0 Å². The fourth-order valence-electron chi connectivity index (χ4n) is 3.22. The van der Waals surface area contributed by atoms with E-state index in [-0.39, 0.29) is 0 Å². The Hall–Kier alpha value is -2.53. The summed E-state index contributed by atoms with van der Waals surface area (Å²) in [7, 11) is 5.98. The molecule has 3 rings (SSSR count). The van der Waals surface area contributed by atoms with Gasteiger partial charge in [-0.3, -0.25) is 4.99 Å². The quantitative estimate of drug-likeness (QED) is 0.503. The normalized spacial score (nSPS) is 14.2. The molecule has 0 amide bonds. The number of aliphatic imine (C=N–C) groups is 1. The summed E-state index contributed by atoms with van der Waals surface area (Å²) in [6, 6.07) is 15.1. The molecule has 0 saturated heterocycles. The van der Waals surface area contributed by atoms with Crippen LogP contribution in [0.25, 0.3) is 0 Å². The summed E-state index contributed by atoms with van der Waals surface area (Å²) in [4.78, 5) is 6.54. The van der Waals surface area contributed by atoms with Gasteiger partial charge in [0.15, 0.2) is 5.96 Å². The molecule has 0 radical (unpaired) electrons. The van der Waals surface area contributed by atoms with Gasteiger partial charge in [-0.2, -0.15) is 0 Å². The molecule has 5 nitrogen and oxygen atoms in total. The third-order valence-electron chi connectivity index (χ3n) is 5.01. The van der Waals surface area contributed by atoms with Crippen LogP contribution in [0, 0.1) is 12.8 Å². The topological polar surface area (TPSA) is 48.9 Å². The number of nitrogens with zero attached hydrogens (tertiary/aromatic N) is 2. The van der Waals surface area contributed by atoms with Crippen molar-refractivity contribution in [2.75, 3.05) is 27.7 Å². The van der Waals surface area contributed by atoms with Gasteiger partial charge in [-0.05, 0) is 62.5 Å². The predicted octanol–water partition coefficient (Wildman–Crippen LogP) is 3.71. The highest BCUT2D eigenvalue weighted by molar-refractivity contribution is 5.79. The number of nitrogens with one attached hydrogen (secondary N) is 2. The Morgan fingerprint density at radius 2 is 1.83 bits per heavy atom. The minimum atomic E-state index is 0.681. The van der Waals surface area contributed by atoms with Crippen molar-refractivity contribution >= 4 is 5.96 Å². The van der Waals surface area contributed by atoms with Crippen molar-refractivity contribution in [1.82, 2.24) is 15.5 Å². The van der Waals surface area contributed by atoms with E-state index in [1.165, 1.54) is 29.5 Å². The Kier molecular flexibility index (Phi) is 7.53. The third kappa shape index (κ3) is 7.09. The van der Waals surface area contributed by atoms with Crippen LogP contribution in [0.2, 0.25) is 0 Å². The van der Waals surface area contributed by atoms with Crippen LogP contribution in [0.3, 0.4) is 0 Å². The van der Waals surface area contributed by atoms with Gasteiger partial charge in [-0.25, -0.2) is 0 Å². The average Bonchev–Trinajstić information content (AvgIpc) is 3.52. The molecular weight excluding hydrogens is 360 g/mol. The molecule has 0 bridgehead atoms. The first-order chi connectivity index (χ1) is 14.0. The van der Waals surface area contributed by atoms with Gasteiger partial charge in [0, 0.05) is 32.2 Å². The summed E-state index contributed by atoms with van der Waals surface area (Å²) in [6.07, 6.45) is 2.59.